The van der Waals surface area contributed by atoms with E-state index in [4.69, 9.17) is 22.4 Å². The van der Waals surface area contributed by atoms with Crippen molar-refractivity contribution in [1.82, 2.24) is 0 Å². The van der Waals surface area contributed by atoms with Crippen LogP contribution in [-0.2, 0) is 0 Å². The molecule has 2 nitrogen and oxygen atoms in total. The lowest BCUT2D eigenvalue weighted by Crippen LogP contribution is -2.04. The Morgan fingerprint density at radius 3 is 2.13 bits per heavy atom. The Kier molecular flexibility index (Phi) is 6.31. The van der Waals surface area contributed by atoms with Crippen molar-refractivity contribution >= 4 is 11.6 Å². The molecule has 0 radical (unpaired) electrons. The molecule has 0 fully saturated rings. The number of aliphatic hydroxyl groups excluding tert-OH is 1. The minimum Gasteiger partial charge on any atom is -0.339 e. The summed E-state index contributed by atoms with van der Waals surface area (Å²) in [5.74, 6) is -0.343. The summed E-state index contributed by atoms with van der Waals surface area (Å²) >= 11 is 5.60. The molecule has 86 valence electrons. The quantitative estimate of drug-likeness (QED) is 0.794. The second kappa shape index (κ2) is 6.66. The third-order valence-corrected chi connectivity index (χ3v) is 1.63. The summed E-state index contributed by atoms with van der Waals surface area (Å²) in [5, 5.41) is 7.11. The minimum atomic E-state index is -3.17. The molecule has 6 heteroatoms. The summed E-state index contributed by atoms with van der Waals surface area (Å²) in [6.45, 7) is -1.38. The van der Waals surface area contributed by atoms with Gasteiger partial charge in [-0.2, -0.15) is 8.78 Å². The minimum absolute atomic E-state index is 0.178. The van der Waals surface area contributed by atoms with Crippen LogP contribution in [0.4, 0.5) is 13.2 Å². The number of alkyl halides is 2. The number of halogens is 4. The van der Waals surface area contributed by atoms with Crippen LogP contribution in [0.3, 0.4) is 0 Å². The van der Waals surface area contributed by atoms with Gasteiger partial charge in [-0.3, -0.25) is 0 Å². The first kappa shape index (κ1) is 14.2. The molecule has 1 aromatic carbocycles. The molecule has 0 aromatic heterocycles. The second-order valence-corrected chi connectivity index (χ2v) is 3.21. The topological polar surface area (TPSA) is 46.2 Å². The van der Waals surface area contributed by atoms with Crippen molar-refractivity contribution in [1.29, 1.82) is 0 Å². The Morgan fingerprint density at radius 2 is 1.80 bits per heavy atom. The van der Waals surface area contributed by atoms with Crippen molar-refractivity contribution in [3.63, 3.8) is 0 Å². The molecule has 3 N–H and O–H groups in total. The fourth-order valence-electron chi connectivity index (χ4n) is 0.838. The van der Waals surface area contributed by atoms with Crippen LogP contribution in [0, 0.1) is 5.82 Å². The molecule has 0 aliphatic rings. The van der Waals surface area contributed by atoms with Gasteiger partial charge in [0, 0.05) is 11.1 Å². The molecule has 0 spiro atoms. The van der Waals surface area contributed by atoms with E-state index in [0.717, 1.165) is 5.56 Å². The van der Waals surface area contributed by atoms with Crippen LogP contribution in [-0.4, -0.2) is 11.7 Å². The number of nitrogens with two attached hydrogens (primary N) is 1. The van der Waals surface area contributed by atoms with Gasteiger partial charge in [0.1, 0.15) is 5.82 Å². The van der Waals surface area contributed by atoms with Crippen LogP contribution in [0.1, 0.15) is 18.5 Å². The maximum atomic E-state index is 12.6. The Morgan fingerprint density at radius 1 is 1.33 bits per heavy atom. The fraction of sp³-hybridized carbons (Fsp3) is 0.333. The first-order valence-electron chi connectivity index (χ1n) is 4.00. The summed E-state index contributed by atoms with van der Waals surface area (Å²) in [6, 6.07) is 4.13. The molecule has 1 atom stereocenters. The van der Waals surface area contributed by atoms with E-state index in [1.807, 2.05) is 0 Å². The highest BCUT2D eigenvalue weighted by Gasteiger charge is 2.02. The highest BCUT2D eigenvalue weighted by molar-refractivity contribution is 6.30. The molecule has 0 amide bonds. The average molecular weight is 242 g/mol. The largest absolute Gasteiger partial charge is 0.342 e. The molecule has 0 aliphatic carbocycles. The Labute approximate surface area is 90.5 Å². The van der Waals surface area contributed by atoms with Crippen molar-refractivity contribution in [2.45, 2.75) is 19.6 Å². The van der Waals surface area contributed by atoms with E-state index < -0.39 is 6.61 Å². The number of hydrogen-bond acceptors (Lipinski definition) is 2. The van der Waals surface area contributed by atoms with Crippen molar-refractivity contribution < 1.29 is 18.3 Å². The predicted octanol–water partition coefficient (Wildman–Crippen LogP) is 2.70. The smallest absolute Gasteiger partial charge is 0.339 e. The zero-order valence-electron chi connectivity index (χ0n) is 7.92. The predicted molar refractivity (Wildman–Crippen MR) is 52.2 cm³/mol. The van der Waals surface area contributed by atoms with Crippen molar-refractivity contribution in [2.24, 2.45) is 5.73 Å². The van der Waals surface area contributed by atoms with Gasteiger partial charge in [0.2, 0.25) is 0 Å². The number of rotatable bonds is 1. The lowest BCUT2D eigenvalue weighted by Gasteiger charge is -2.05. The zero-order valence-corrected chi connectivity index (χ0v) is 8.68. The first-order valence-corrected chi connectivity index (χ1v) is 4.38. The summed E-state index contributed by atoms with van der Waals surface area (Å²) < 4.78 is 32.4. The van der Waals surface area contributed by atoms with Crippen LogP contribution >= 0.6 is 11.6 Å². The molecule has 15 heavy (non-hydrogen) atoms. The Balaban J connectivity index is 0.000000423. The lowest BCUT2D eigenvalue weighted by molar-refractivity contribution is -0.0728. The normalized spacial score (nSPS) is 12.0. The van der Waals surface area contributed by atoms with E-state index in [9.17, 15) is 13.2 Å². The van der Waals surface area contributed by atoms with Gasteiger partial charge in [-0.05, 0) is 30.7 Å². The van der Waals surface area contributed by atoms with Crippen molar-refractivity contribution in [3.05, 3.63) is 34.6 Å². The van der Waals surface area contributed by atoms with Crippen LogP contribution in [0.25, 0.3) is 0 Å². The van der Waals surface area contributed by atoms with Gasteiger partial charge >= 0.3 is 6.61 Å². The standard InChI is InChI=1S/C8H9ClFN.CH2F2O/c1-5(11)6-2-7(9)4-8(10)3-6;2-1(3)4/h2-5H,11H2,1H3;1,4H. The van der Waals surface area contributed by atoms with Gasteiger partial charge in [-0.25, -0.2) is 4.39 Å². The van der Waals surface area contributed by atoms with E-state index in [0.29, 0.717) is 5.02 Å². The van der Waals surface area contributed by atoms with Gasteiger partial charge in [0.15, 0.2) is 0 Å². The number of hydrogen-bond donors (Lipinski definition) is 2. The van der Waals surface area contributed by atoms with Crippen LogP contribution in [0.15, 0.2) is 18.2 Å². The van der Waals surface area contributed by atoms with Crippen molar-refractivity contribution in [3.8, 4) is 0 Å². The van der Waals surface area contributed by atoms with Gasteiger partial charge in [-0.15, -0.1) is 0 Å². The highest BCUT2D eigenvalue weighted by Crippen LogP contribution is 2.17. The molecule has 0 aliphatic heterocycles. The number of aliphatic hydroxyl groups is 1. The van der Waals surface area contributed by atoms with E-state index in [-0.39, 0.29) is 11.9 Å². The third-order valence-electron chi connectivity index (χ3n) is 1.41. The van der Waals surface area contributed by atoms with E-state index >= 15 is 0 Å². The molecule has 0 bridgehead atoms. The lowest BCUT2D eigenvalue weighted by atomic mass is 10.1. The summed E-state index contributed by atoms with van der Waals surface area (Å²) in [6.07, 6.45) is 0. The Bertz CT molecular complexity index is 284. The maximum absolute atomic E-state index is 12.6. The van der Waals surface area contributed by atoms with E-state index in [2.05, 4.69) is 0 Å². The van der Waals surface area contributed by atoms with Crippen LogP contribution in [0.2, 0.25) is 5.02 Å². The molecule has 1 rings (SSSR count). The zero-order chi connectivity index (χ0) is 12.0. The van der Waals surface area contributed by atoms with Gasteiger partial charge in [-0.1, -0.05) is 11.6 Å². The summed E-state index contributed by atoms with van der Waals surface area (Å²) in [7, 11) is 0. The fourth-order valence-corrected chi connectivity index (χ4v) is 1.07. The molecular formula is C9H11ClF3NO. The molecule has 0 heterocycles. The number of benzene rings is 1. The summed E-state index contributed by atoms with van der Waals surface area (Å²) in [4.78, 5) is 0. The molecular weight excluding hydrogens is 231 g/mol. The highest BCUT2D eigenvalue weighted by atomic mass is 35.5. The average Bonchev–Trinajstić information content (AvgIpc) is 2.00. The monoisotopic (exact) mass is 241 g/mol. The maximum Gasteiger partial charge on any atom is 0.342 e. The second-order valence-electron chi connectivity index (χ2n) is 2.77. The van der Waals surface area contributed by atoms with Gasteiger partial charge < -0.3 is 10.8 Å². The van der Waals surface area contributed by atoms with Crippen molar-refractivity contribution in [2.75, 3.05) is 0 Å². The molecule has 1 unspecified atom stereocenters. The van der Waals surface area contributed by atoms with Gasteiger partial charge in [0.25, 0.3) is 0 Å². The van der Waals surface area contributed by atoms with Crippen LogP contribution < -0.4 is 5.73 Å². The summed E-state index contributed by atoms with van der Waals surface area (Å²) in [5.41, 5.74) is 6.24. The van der Waals surface area contributed by atoms with E-state index in [1.54, 1.807) is 13.0 Å². The Hall–Kier alpha value is -0.780. The third kappa shape index (κ3) is 7.18. The molecule has 0 saturated heterocycles. The molecule has 1 aromatic rings. The van der Waals surface area contributed by atoms with E-state index in [1.165, 1.54) is 12.1 Å². The van der Waals surface area contributed by atoms with Gasteiger partial charge in [0.05, 0.1) is 0 Å². The SMILES string of the molecule is CC(N)c1cc(F)cc(Cl)c1.OC(F)F. The van der Waals surface area contributed by atoms with Crippen LogP contribution in [0.5, 0.6) is 0 Å². The first-order chi connectivity index (χ1) is 6.82. The molecule has 0 saturated carbocycles.